The van der Waals surface area contributed by atoms with E-state index in [0.29, 0.717) is 17.9 Å². The maximum atomic E-state index is 10.5. The number of aliphatic hydroxyl groups is 2. The Hall–Kier alpha value is -0.900. The lowest BCUT2D eigenvalue weighted by Gasteiger charge is -2.54. The standard InChI is InChI=1S/C29H46O3/c1-20(8-6-15-28(2,3)31)24-10-5-11-25-22(9-7-16-29(24,25)4)13-12-21-18-26(30)23-14-17-32-27(23)19-21/h12-14,20,24-27,30-31H,5-11,15-19H2,1-4H3/t20-,24?,25?,26-,27-,29-/m1/s1. The largest absolute Gasteiger partial charge is 0.390 e. The lowest BCUT2D eigenvalue weighted by molar-refractivity contribution is -0.00357. The van der Waals surface area contributed by atoms with Gasteiger partial charge in [-0.1, -0.05) is 62.5 Å². The van der Waals surface area contributed by atoms with Crippen LogP contribution in [0.3, 0.4) is 0 Å². The predicted molar refractivity (Wildman–Crippen MR) is 131 cm³/mol. The van der Waals surface area contributed by atoms with E-state index >= 15 is 0 Å². The normalized spacial score (nSPS) is 39.0. The van der Waals surface area contributed by atoms with E-state index in [1.54, 1.807) is 5.57 Å². The Morgan fingerprint density at radius 3 is 2.81 bits per heavy atom. The summed E-state index contributed by atoms with van der Waals surface area (Å²) in [5, 5.41) is 20.6. The molecule has 3 aliphatic carbocycles. The van der Waals surface area contributed by atoms with Crippen molar-refractivity contribution in [2.24, 2.45) is 23.2 Å². The molecule has 1 aliphatic heterocycles. The molecule has 0 spiro atoms. The molecule has 4 aliphatic rings. The molecular weight excluding hydrogens is 396 g/mol. The van der Waals surface area contributed by atoms with Gasteiger partial charge in [-0.3, -0.25) is 0 Å². The number of aliphatic hydroxyl groups excluding tert-OH is 1. The van der Waals surface area contributed by atoms with E-state index in [1.165, 1.54) is 50.5 Å². The van der Waals surface area contributed by atoms with Crippen LogP contribution in [-0.4, -0.2) is 34.6 Å². The number of allylic oxidation sites excluding steroid dienone is 3. The summed E-state index contributed by atoms with van der Waals surface area (Å²) in [5.74, 6) is 2.21. The van der Waals surface area contributed by atoms with Gasteiger partial charge < -0.3 is 14.9 Å². The van der Waals surface area contributed by atoms with Crippen LogP contribution in [0.15, 0.2) is 34.9 Å². The Bertz CT molecular complexity index is 755. The van der Waals surface area contributed by atoms with Crippen LogP contribution in [0.4, 0.5) is 0 Å². The molecule has 3 saturated carbocycles. The molecule has 180 valence electrons. The zero-order valence-corrected chi connectivity index (χ0v) is 20.9. The smallest absolute Gasteiger partial charge is 0.0852 e. The third kappa shape index (κ3) is 5.26. The van der Waals surface area contributed by atoms with E-state index in [4.69, 9.17) is 4.74 Å². The lowest BCUT2D eigenvalue weighted by Crippen LogP contribution is -2.44. The fourth-order valence-corrected chi connectivity index (χ4v) is 7.53. The van der Waals surface area contributed by atoms with Crippen LogP contribution in [0.25, 0.3) is 0 Å². The van der Waals surface area contributed by atoms with E-state index < -0.39 is 5.60 Å². The van der Waals surface area contributed by atoms with Crippen LogP contribution < -0.4 is 0 Å². The Morgan fingerprint density at radius 1 is 1.22 bits per heavy atom. The van der Waals surface area contributed by atoms with Crippen molar-refractivity contribution in [3.05, 3.63) is 34.9 Å². The Morgan fingerprint density at radius 2 is 2.03 bits per heavy atom. The van der Waals surface area contributed by atoms with Gasteiger partial charge in [0.2, 0.25) is 0 Å². The van der Waals surface area contributed by atoms with Crippen LogP contribution in [0.2, 0.25) is 0 Å². The molecule has 0 radical (unpaired) electrons. The molecule has 0 aromatic carbocycles. The second-order valence-electron chi connectivity index (χ2n) is 12.1. The minimum Gasteiger partial charge on any atom is -0.390 e. The van der Waals surface area contributed by atoms with E-state index in [-0.39, 0.29) is 12.2 Å². The van der Waals surface area contributed by atoms with Crippen molar-refractivity contribution in [3.8, 4) is 0 Å². The summed E-state index contributed by atoms with van der Waals surface area (Å²) in [7, 11) is 0. The van der Waals surface area contributed by atoms with Gasteiger partial charge in [-0.2, -0.15) is 0 Å². The first-order valence-electron chi connectivity index (χ1n) is 13.3. The highest BCUT2D eigenvalue weighted by molar-refractivity contribution is 5.32. The molecule has 3 heteroatoms. The predicted octanol–water partition coefficient (Wildman–Crippen LogP) is 6.50. The molecule has 2 unspecified atom stereocenters. The summed E-state index contributed by atoms with van der Waals surface area (Å²) in [6.45, 7) is 9.58. The van der Waals surface area contributed by atoms with E-state index in [9.17, 15) is 10.2 Å². The average Bonchev–Trinajstić information content (AvgIpc) is 3.19. The molecule has 2 N–H and O–H groups in total. The molecule has 0 bridgehead atoms. The van der Waals surface area contributed by atoms with Gasteiger partial charge in [-0.05, 0) is 94.0 Å². The maximum absolute atomic E-state index is 10.5. The van der Waals surface area contributed by atoms with Crippen molar-refractivity contribution < 1.29 is 14.9 Å². The molecule has 1 heterocycles. The number of rotatable bonds is 6. The van der Waals surface area contributed by atoms with Crippen molar-refractivity contribution in [3.63, 3.8) is 0 Å². The second-order valence-corrected chi connectivity index (χ2v) is 12.1. The number of fused-ring (bicyclic) bond motifs is 2. The fraction of sp³-hybridized carbons (Fsp3) is 0.793. The first kappa shape index (κ1) is 24.2. The van der Waals surface area contributed by atoms with Crippen molar-refractivity contribution in [1.82, 2.24) is 0 Å². The van der Waals surface area contributed by atoms with E-state index in [1.807, 2.05) is 13.8 Å². The summed E-state index contributed by atoms with van der Waals surface area (Å²) < 4.78 is 5.82. The van der Waals surface area contributed by atoms with Gasteiger partial charge in [0.15, 0.2) is 0 Å². The zero-order valence-electron chi connectivity index (χ0n) is 20.9. The van der Waals surface area contributed by atoms with Crippen molar-refractivity contribution in [2.75, 3.05) is 6.61 Å². The minimum absolute atomic E-state index is 0.101. The molecule has 4 rings (SSSR count). The summed E-state index contributed by atoms with van der Waals surface area (Å²) in [6.07, 6.45) is 19.5. The SMILES string of the molecule is C[C@H](CCCC(C)(C)O)C1CCCC2C(=CC=C3C[C@@H](O)C4=CCO[C@@H]4C3)CCC[C@@]21C. The van der Waals surface area contributed by atoms with Gasteiger partial charge >= 0.3 is 0 Å². The monoisotopic (exact) mass is 442 g/mol. The molecule has 0 saturated heterocycles. The van der Waals surface area contributed by atoms with Crippen molar-refractivity contribution in [2.45, 2.75) is 116 Å². The highest BCUT2D eigenvalue weighted by Gasteiger charge is 2.48. The van der Waals surface area contributed by atoms with E-state index in [2.05, 4.69) is 32.1 Å². The molecule has 6 atom stereocenters. The first-order valence-corrected chi connectivity index (χ1v) is 13.3. The zero-order chi connectivity index (χ0) is 22.9. The first-order chi connectivity index (χ1) is 15.2. The van der Waals surface area contributed by atoms with Gasteiger partial charge in [0.1, 0.15) is 0 Å². The van der Waals surface area contributed by atoms with Crippen LogP contribution in [0.1, 0.15) is 98.3 Å². The topological polar surface area (TPSA) is 49.7 Å². The summed E-state index contributed by atoms with van der Waals surface area (Å²) >= 11 is 0. The number of hydrogen-bond acceptors (Lipinski definition) is 3. The number of ether oxygens (including phenoxy) is 1. The summed E-state index contributed by atoms with van der Waals surface area (Å²) in [5.41, 5.74) is 3.97. The Kier molecular flexibility index (Phi) is 7.39. The van der Waals surface area contributed by atoms with Crippen LogP contribution in [0, 0.1) is 23.2 Å². The van der Waals surface area contributed by atoms with Crippen LogP contribution >= 0.6 is 0 Å². The highest BCUT2D eigenvalue weighted by Crippen LogP contribution is 2.57. The molecule has 0 amide bonds. The van der Waals surface area contributed by atoms with Gasteiger partial charge in [0.25, 0.3) is 0 Å². The van der Waals surface area contributed by atoms with Crippen LogP contribution in [0.5, 0.6) is 0 Å². The van der Waals surface area contributed by atoms with Crippen molar-refractivity contribution in [1.29, 1.82) is 0 Å². The Balaban J connectivity index is 1.45. The quantitative estimate of drug-likeness (QED) is 0.461. The molecular formula is C29H46O3. The maximum Gasteiger partial charge on any atom is 0.0852 e. The highest BCUT2D eigenvalue weighted by atomic mass is 16.5. The van der Waals surface area contributed by atoms with E-state index in [0.717, 1.165) is 43.1 Å². The molecule has 32 heavy (non-hydrogen) atoms. The molecule has 3 fully saturated rings. The second kappa shape index (κ2) is 9.76. The van der Waals surface area contributed by atoms with Crippen LogP contribution in [-0.2, 0) is 4.74 Å². The summed E-state index contributed by atoms with van der Waals surface area (Å²) in [6, 6.07) is 0. The number of hydrogen-bond donors (Lipinski definition) is 2. The average molecular weight is 443 g/mol. The van der Waals surface area contributed by atoms with Gasteiger partial charge in [-0.15, -0.1) is 0 Å². The third-order valence-corrected chi connectivity index (χ3v) is 9.22. The van der Waals surface area contributed by atoms with Gasteiger partial charge in [0, 0.05) is 0 Å². The lowest BCUT2D eigenvalue weighted by atomic mass is 9.51. The fourth-order valence-electron chi connectivity index (χ4n) is 7.53. The third-order valence-electron chi connectivity index (χ3n) is 9.22. The summed E-state index contributed by atoms with van der Waals surface area (Å²) in [4.78, 5) is 0. The van der Waals surface area contributed by atoms with Gasteiger partial charge in [0.05, 0.1) is 24.4 Å². The molecule has 0 aromatic heterocycles. The Labute approximate surface area is 196 Å². The molecule has 3 nitrogen and oxygen atoms in total. The van der Waals surface area contributed by atoms with Crippen molar-refractivity contribution >= 4 is 0 Å². The minimum atomic E-state index is -0.542. The van der Waals surface area contributed by atoms with Gasteiger partial charge in [-0.25, -0.2) is 0 Å². The molecule has 0 aromatic rings.